The summed E-state index contributed by atoms with van der Waals surface area (Å²) in [4.78, 5) is 12.1. The minimum atomic E-state index is -0.607. The van der Waals surface area contributed by atoms with Crippen LogP contribution in [0.5, 0.6) is 5.75 Å². The Morgan fingerprint density at radius 3 is 2.71 bits per heavy atom. The largest absolute Gasteiger partial charge is 0.481 e. The molecular weight excluding hydrogens is 354 g/mol. The van der Waals surface area contributed by atoms with Gasteiger partial charge in [0.25, 0.3) is 5.91 Å². The minimum Gasteiger partial charge on any atom is -0.481 e. The van der Waals surface area contributed by atoms with Crippen molar-refractivity contribution in [1.29, 1.82) is 0 Å². The van der Waals surface area contributed by atoms with Crippen LogP contribution in [0.1, 0.15) is 12.5 Å². The highest BCUT2D eigenvalue weighted by atomic mass is 79.9. The van der Waals surface area contributed by atoms with E-state index in [1.165, 1.54) is 0 Å². The molecule has 110 valence electrons. The lowest BCUT2D eigenvalue weighted by Gasteiger charge is -2.15. The maximum atomic E-state index is 12.1. The van der Waals surface area contributed by atoms with Crippen LogP contribution < -0.4 is 10.1 Å². The SMILES string of the molecule is Cc1cc(O[C@@H](C)C(=O)Nc2cccc(Br)c2)ccc1Cl. The lowest BCUT2D eigenvalue weighted by molar-refractivity contribution is -0.122. The van der Waals surface area contributed by atoms with E-state index in [4.69, 9.17) is 16.3 Å². The zero-order chi connectivity index (χ0) is 15.4. The number of aryl methyl sites for hydroxylation is 1. The molecule has 2 rings (SSSR count). The molecule has 0 heterocycles. The van der Waals surface area contributed by atoms with E-state index >= 15 is 0 Å². The summed E-state index contributed by atoms with van der Waals surface area (Å²) < 4.78 is 6.54. The van der Waals surface area contributed by atoms with E-state index < -0.39 is 6.10 Å². The summed E-state index contributed by atoms with van der Waals surface area (Å²) >= 11 is 9.33. The Morgan fingerprint density at radius 2 is 2.05 bits per heavy atom. The minimum absolute atomic E-state index is 0.208. The van der Waals surface area contributed by atoms with E-state index in [2.05, 4.69) is 21.2 Å². The van der Waals surface area contributed by atoms with Gasteiger partial charge in [-0.2, -0.15) is 0 Å². The number of carbonyl (C=O) groups excluding carboxylic acids is 1. The van der Waals surface area contributed by atoms with Gasteiger partial charge in [0.15, 0.2) is 6.10 Å². The van der Waals surface area contributed by atoms with E-state index in [1.807, 2.05) is 37.3 Å². The van der Waals surface area contributed by atoms with Crippen LogP contribution in [-0.2, 0) is 4.79 Å². The number of rotatable bonds is 4. The molecule has 0 aliphatic carbocycles. The van der Waals surface area contributed by atoms with Gasteiger partial charge in [-0.25, -0.2) is 0 Å². The number of hydrogen-bond donors (Lipinski definition) is 1. The first-order valence-corrected chi connectivity index (χ1v) is 7.62. The van der Waals surface area contributed by atoms with Gasteiger partial charge in [-0.3, -0.25) is 4.79 Å². The summed E-state index contributed by atoms with van der Waals surface area (Å²) in [5.41, 5.74) is 1.63. The fourth-order valence-electron chi connectivity index (χ4n) is 1.76. The number of anilines is 1. The van der Waals surface area contributed by atoms with Gasteiger partial charge < -0.3 is 10.1 Å². The molecule has 0 aliphatic heterocycles. The predicted molar refractivity (Wildman–Crippen MR) is 89.1 cm³/mol. The van der Waals surface area contributed by atoms with Gasteiger partial charge in [0.05, 0.1) is 0 Å². The molecule has 0 fully saturated rings. The lowest BCUT2D eigenvalue weighted by Crippen LogP contribution is -2.30. The quantitative estimate of drug-likeness (QED) is 0.840. The van der Waals surface area contributed by atoms with Crippen LogP contribution in [0.25, 0.3) is 0 Å². The molecule has 0 aliphatic rings. The third kappa shape index (κ3) is 4.48. The maximum Gasteiger partial charge on any atom is 0.265 e. The second-order valence-corrected chi connectivity index (χ2v) is 5.99. The Kier molecular flexibility index (Phi) is 5.26. The van der Waals surface area contributed by atoms with Crippen LogP contribution in [0, 0.1) is 6.92 Å². The second-order valence-electron chi connectivity index (χ2n) is 4.67. The summed E-state index contributed by atoms with van der Waals surface area (Å²) in [6.45, 7) is 3.60. The molecule has 0 saturated heterocycles. The van der Waals surface area contributed by atoms with Gasteiger partial charge >= 0.3 is 0 Å². The van der Waals surface area contributed by atoms with Gasteiger partial charge in [-0.1, -0.05) is 33.6 Å². The molecular formula is C16H15BrClNO2. The zero-order valence-electron chi connectivity index (χ0n) is 11.7. The number of benzene rings is 2. The van der Waals surface area contributed by atoms with Crippen molar-refractivity contribution >= 4 is 39.1 Å². The third-order valence-electron chi connectivity index (χ3n) is 2.90. The van der Waals surface area contributed by atoms with Gasteiger partial charge in [-0.15, -0.1) is 0 Å². The summed E-state index contributed by atoms with van der Waals surface area (Å²) in [7, 11) is 0. The van der Waals surface area contributed by atoms with Crippen molar-refractivity contribution in [3.8, 4) is 5.75 Å². The molecule has 0 aromatic heterocycles. The summed E-state index contributed by atoms with van der Waals surface area (Å²) in [6.07, 6.45) is -0.607. The summed E-state index contributed by atoms with van der Waals surface area (Å²) in [6, 6.07) is 12.7. The molecule has 2 aromatic rings. The molecule has 5 heteroatoms. The van der Waals surface area contributed by atoms with Gasteiger partial charge in [0, 0.05) is 15.2 Å². The average molecular weight is 369 g/mol. The zero-order valence-corrected chi connectivity index (χ0v) is 14.0. The smallest absolute Gasteiger partial charge is 0.265 e. The highest BCUT2D eigenvalue weighted by Gasteiger charge is 2.15. The summed E-state index contributed by atoms with van der Waals surface area (Å²) in [5.74, 6) is 0.412. The molecule has 1 atom stereocenters. The molecule has 0 unspecified atom stereocenters. The third-order valence-corrected chi connectivity index (χ3v) is 3.82. The monoisotopic (exact) mass is 367 g/mol. The molecule has 1 N–H and O–H groups in total. The molecule has 2 aromatic carbocycles. The Balaban J connectivity index is 2.00. The molecule has 0 saturated carbocycles. The molecule has 0 bridgehead atoms. The Hall–Kier alpha value is -1.52. The van der Waals surface area contributed by atoms with E-state index in [0.717, 1.165) is 15.7 Å². The van der Waals surface area contributed by atoms with Crippen molar-refractivity contribution in [3.05, 3.63) is 57.5 Å². The van der Waals surface area contributed by atoms with Gasteiger partial charge in [0.2, 0.25) is 0 Å². The van der Waals surface area contributed by atoms with Crippen LogP contribution >= 0.6 is 27.5 Å². The van der Waals surface area contributed by atoms with Crippen molar-refractivity contribution in [2.45, 2.75) is 20.0 Å². The van der Waals surface area contributed by atoms with E-state index in [1.54, 1.807) is 19.1 Å². The van der Waals surface area contributed by atoms with E-state index in [0.29, 0.717) is 10.8 Å². The molecule has 0 radical (unpaired) electrons. The first kappa shape index (κ1) is 15.9. The van der Waals surface area contributed by atoms with Crippen LogP contribution in [0.3, 0.4) is 0 Å². The Labute approximate surface area is 137 Å². The first-order chi connectivity index (χ1) is 9.95. The Morgan fingerprint density at radius 1 is 1.29 bits per heavy atom. The predicted octanol–water partition coefficient (Wildman–Crippen LogP) is 4.82. The standard InChI is InChI=1S/C16H15BrClNO2/c1-10-8-14(6-7-15(10)18)21-11(2)16(20)19-13-5-3-4-12(17)9-13/h3-9,11H,1-2H3,(H,19,20)/t11-/m0/s1. The number of nitrogens with one attached hydrogen (secondary N) is 1. The first-order valence-electron chi connectivity index (χ1n) is 6.45. The number of hydrogen-bond acceptors (Lipinski definition) is 2. The van der Waals surface area contributed by atoms with Crippen LogP contribution in [-0.4, -0.2) is 12.0 Å². The van der Waals surface area contributed by atoms with Crippen LogP contribution in [0.15, 0.2) is 46.9 Å². The van der Waals surface area contributed by atoms with Crippen molar-refractivity contribution in [2.75, 3.05) is 5.32 Å². The normalized spacial score (nSPS) is 11.8. The van der Waals surface area contributed by atoms with E-state index in [9.17, 15) is 4.79 Å². The van der Waals surface area contributed by atoms with Crippen molar-refractivity contribution < 1.29 is 9.53 Å². The topological polar surface area (TPSA) is 38.3 Å². The van der Waals surface area contributed by atoms with Crippen molar-refractivity contribution in [3.63, 3.8) is 0 Å². The van der Waals surface area contributed by atoms with E-state index in [-0.39, 0.29) is 5.91 Å². The fourth-order valence-corrected chi connectivity index (χ4v) is 2.28. The average Bonchev–Trinajstić information content (AvgIpc) is 2.43. The van der Waals surface area contributed by atoms with Crippen molar-refractivity contribution in [2.24, 2.45) is 0 Å². The lowest BCUT2D eigenvalue weighted by atomic mass is 10.2. The molecule has 1 amide bonds. The van der Waals surface area contributed by atoms with Gasteiger partial charge in [0.1, 0.15) is 5.75 Å². The molecule has 3 nitrogen and oxygen atoms in total. The van der Waals surface area contributed by atoms with Crippen molar-refractivity contribution in [1.82, 2.24) is 0 Å². The second kappa shape index (κ2) is 6.96. The fraction of sp³-hybridized carbons (Fsp3) is 0.188. The number of carbonyl (C=O) groups is 1. The number of amides is 1. The highest BCUT2D eigenvalue weighted by Crippen LogP contribution is 2.22. The van der Waals surface area contributed by atoms with Crippen LogP contribution in [0.4, 0.5) is 5.69 Å². The van der Waals surface area contributed by atoms with Crippen LogP contribution in [0.2, 0.25) is 5.02 Å². The Bertz CT molecular complexity index is 660. The number of halogens is 2. The van der Waals surface area contributed by atoms with Gasteiger partial charge in [-0.05, 0) is 55.8 Å². The number of ether oxygens (including phenoxy) is 1. The maximum absolute atomic E-state index is 12.1. The summed E-state index contributed by atoms with van der Waals surface area (Å²) in [5, 5.41) is 3.48. The molecule has 0 spiro atoms. The highest BCUT2D eigenvalue weighted by molar-refractivity contribution is 9.10. The molecule has 21 heavy (non-hydrogen) atoms.